The van der Waals surface area contributed by atoms with E-state index in [1.807, 2.05) is 23.1 Å². The van der Waals surface area contributed by atoms with E-state index in [9.17, 15) is 0 Å². The molecule has 0 saturated heterocycles. The standard InChI is InChI=1S/C12H17IN4O/c1-9(2)4-14-6-11-3-12(18-16-11)8-17-7-10(13)5-15-17/h3,5,7,9,14H,4,6,8H2,1-2H3. The minimum Gasteiger partial charge on any atom is -0.359 e. The van der Waals surface area contributed by atoms with Crippen LogP contribution < -0.4 is 5.32 Å². The highest BCUT2D eigenvalue weighted by Gasteiger charge is 2.05. The van der Waals surface area contributed by atoms with Crippen molar-refractivity contribution >= 4 is 22.6 Å². The molecule has 0 bridgehead atoms. The van der Waals surface area contributed by atoms with Gasteiger partial charge >= 0.3 is 0 Å². The normalized spacial score (nSPS) is 11.3. The third-order valence-electron chi connectivity index (χ3n) is 2.39. The summed E-state index contributed by atoms with van der Waals surface area (Å²) in [6, 6.07) is 1.97. The second-order valence-corrected chi connectivity index (χ2v) is 5.91. The molecule has 18 heavy (non-hydrogen) atoms. The average Bonchev–Trinajstić information content (AvgIpc) is 2.89. The summed E-state index contributed by atoms with van der Waals surface area (Å²) in [6.07, 6.45) is 3.79. The number of nitrogens with zero attached hydrogens (tertiary/aromatic N) is 3. The lowest BCUT2D eigenvalue weighted by Gasteiger charge is -2.04. The summed E-state index contributed by atoms with van der Waals surface area (Å²) in [7, 11) is 0. The summed E-state index contributed by atoms with van der Waals surface area (Å²) in [5.74, 6) is 1.47. The molecule has 0 atom stereocenters. The van der Waals surface area contributed by atoms with Crippen LogP contribution in [0.5, 0.6) is 0 Å². The van der Waals surface area contributed by atoms with Gasteiger partial charge in [0.05, 0.1) is 15.5 Å². The van der Waals surface area contributed by atoms with Gasteiger partial charge in [0, 0.05) is 18.8 Å². The molecule has 0 fully saturated rings. The van der Waals surface area contributed by atoms with Gasteiger partial charge in [0.25, 0.3) is 0 Å². The van der Waals surface area contributed by atoms with Gasteiger partial charge in [-0.3, -0.25) is 4.68 Å². The van der Waals surface area contributed by atoms with Gasteiger partial charge < -0.3 is 9.84 Å². The number of hydrogen-bond donors (Lipinski definition) is 1. The molecule has 0 radical (unpaired) electrons. The van der Waals surface area contributed by atoms with Gasteiger partial charge in [0.2, 0.25) is 0 Å². The minimum absolute atomic E-state index is 0.625. The van der Waals surface area contributed by atoms with Crippen LogP contribution in [0.25, 0.3) is 0 Å². The van der Waals surface area contributed by atoms with Gasteiger partial charge in [-0.1, -0.05) is 19.0 Å². The Labute approximate surface area is 120 Å². The smallest absolute Gasteiger partial charge is 0.158 e. The van der Waals surface area contributed by atoms with Crippen LogP contribution in [0.3, 0.4) is 0 Å². The maximum atomic E-state index is 5.28. The first-order valence-electron chi connectivity index (χ1n) is 5.96. The van der Waals surface area contributed by atoms with Crippen molar-refractivity contribution in [3.05, 3.63) is 33.5 Å². The third kappa shape index (κ3) is 4.09. The molecule has 2 aromatic heterocycles. The molecule has 0 aliphatic carbocycles. The first-order valence-corrected chi connectivity index (χ1v) is 7.04. The third-order valence-corrected chi connectivity index (χ3v) is 2.94. The number of hydrogen-bond acceptors (Lipinski definition) is 4. The molecule has 0 saturated carbocycles. The van der Waals surface area contributed by atoms with Crippen LogP contribution in [0.15, 0.2) is 23.0 Å². The van der Waals surface area contributed by atoms with E-state index in [4.69, 9.17) is 4.52 Å². The summed E-state index contributed by atoms with van der Waals surface area (Å²) in [4.78, 5) is 0. The van der Waals surface area contributed by atoms with Crippen molar-refractivity contribution in [1.29, 1.82) is 0 Å². The summed E-state index contributed by atoms with van der Waals surface area (Å²) in [6.45, 7) is 6.72. The Hall–Kier alpha value is -0.890. The van der Waals surface area contributed by atoms with Gasteiger partial charge in [0.1, 0.15) is 6.54 Å². The Bertz CT molecular complexity index is 492. The Balaban J connectivity index is 1.86. The Morgan fingerprint density at radius 2 is 2.33 bits per heavy atom. The monoisotopic (exact) mass is 360 g/mol. The van der Waals surface area contributed by atoms with Crippen LogP contribution in [0.4, 0.5) is 0 Å². The number of halogens is 1. The van der Waals surface area contributed by atoms with Crippen LogP contribution in [0.1, 0.15) is 25.3 Å². The molecule has 2 rings (SSSR count). The second kappa shape index (κ2) is 6.33. The fourth-order valence-electron chi connectivity index (χ4n) is 1.59. The molecule has 0 spiro atoms. The summed E-state index contributed by atoms with van der Waals surface area (Å²) in [5, 5.41) is 11.6. The van der Waals surface area contributed by atoms with Crippen LogP contribution in [0, 0.1) is 9.49 Å². The molecular formula is C12H17IN4O. The molecule has 0 amide bonds. The van der Waals surface area contributed by atoms with Crippen LogP contribution in [-0.4, -0.2) is 21.5 Å². The van der Waals surface area contributed by atoms with Crippen molar-refractivity contribution in [2.75, 3.05) is 6.54 Å². The summed E-state index contributed by atoms with van der Waals surface area (Å²) >= 11 is 2.23. The van der Waals surface area contributed by atoms with Crippen molar-refractivity contribution < 1.29 is 4.52 Å². The van der Waals surface area contributed by atoms with Gasteiger partial charge in [0.15, 0.2) is 5.76 Å². The predicted molar refractivity (Wildman–Crippen MR) is 77.1 cm³/mol. The molecular weight excluding hydrogens is 343 g/mol. The molecule has 5 nitrogen and oxygen atoms in total. The fourth-order valence-corrected chi connectivity index (χ4v) is 2.03. The predicted octanol–water partition coefficient (Wildman–Crippen LogP) is 2.27. The Morgan fingerprint density at radius 3 is 3.00 bits per heavy atom. The first kappa shape index (κ1) is 13.5. The zero-order chi connectivity index (χ0) is 13.0. The van der Waals surface area contributed by atoms with E-state index in [-0.39, 0.29) is 0 Å². The van der Waals surface area contributed by atoms with Crippen molar-refractivity contribution in [3.63, 3.8) is 0 Å². The van der Waals surface area contributed by atoms with Crippen LogP contribution in [0.2, 0.25) is 0 Å². The van der Waals surface area contributed by atoms with E-state index in [2.05, 4.69) is 52.0 Å². The first-order chi connectivity index (χ1) is 8.63. The average molecular weight is 360 g/mol. The molecule has 6 heteroatoms. The lowest BCUT2D eigenvalue weighted by atomic mass is 10.2. The maximum Gasteiger partial charge on any atom is 0.158 e. The molecule has 0 unspecified atom stereocenters. The lowest BCUT2D eigenvalue weighted by Crippen LogP contribution is -2.19. The van der Waals surface area contributed by atoms with Gasteiger partial charge in [-0.15, -0.1) is 0 Å². The largest absolute Gasteiger partial charge is 0.359 e. The zero-order valence-corrected chi connectivity index (χ0v) is 12.7. The highest BCUT2D eigenvalue weighted by atomic mass is 127. The maximum absolute atomic E-state index is 5.28. The Kier molecular flexibility index (Phi) is 4.76. The SMILES string of the molecule is CC(C)CNCc1cc(Cn2cc(I)cn2)on1. The fraction of sp³-hybridized carbons (Fsp3) is 0.500. The Morgan fingerprint density at radius 1 is 1.50 bits per heavy atom. The van der Waals surface area contributed by atoms with Crippen molar-refractivity contribution in [3.8, 4) is 0 Å². The second-order valence-electron chi connectivity index (χ2n) is 4.67. The lowest BCUT2D eigenvalue weighted by molar-refractivity contribution is 0.363. The molecule has 2 aromatic rings. The molecule has 0 aliphatic heterocycles. The van der Waals surface area contributed by atoms with Crippen molar-refractivity contribution in [2.24, 2.45) is 5.92 Å². The van der Waals surface area contributed by atoms with Crippen LogP contribution >= 0.6 is 22.6 Å². The van der Waals surface area contributed by atoms with Gasteiger partial charge in [-0.2, -0.15) is 5.10 Å². The molecule has 0 aromatic carbocycles. The van der Waals surface area contributed by atoms with E-state index >= 15 is 0 Å². The molecule has 2 heterocycles. The molecule has 0 aliphatic rings. The van der Waals surface area contributed by atoms with E-state index in [0.29, 0.717) is 12.5 Å². The van der Waals surface area contributed by atoms with E-state index in [1.165, 1.54) is 0 Å². The molecule has 98 valence electrons. The van der Waals surface area contributed by atoms with Gasteiger partial charge in [-0.25, -0.2) is 0 Å². The zero-order valence-electron chi connectivity index (χ0n) is 10.6. The minimum atomic E-state index is 0.625. The van der Waals surface area contributed by atoms with Crippen LogP contribution in [-0.2, 0) is 13.1 Å². The van der Waals surface area contributed by atoms with E-state index in [1.54, 1.807) is 0 Å². The molecule has 1 N–H and O–H groups in total. The summed E-state index contributed by atoms with van der Waals surface area (Å²) < 4.78 is 8.24. The van der Waals surface area contributed by atoms with Gasteiger partial charge in [-0.05, 0) is 35.1 Å². The van der Waals surface area contributed by atoms with Crippen molar-refractivity contribution in [1.82, 2.24) is 20.3 Å². The topological polar surface area (TPSA) is 55.9 Å². The van der Waals surface area contributed by atoms with Crippen molar-refractivity contribution in [2.45, 2.75) is 26.9 Å². The quantitative estimate of drug-likeness (QED) is 0.803. The number of nitrogens with one attached hydrogen (secondary N) is 1. The number of aromatic nitrogens is 3. The van der Waals surface area contributed by atoms with E-state index in [0.717, 1.165) is 28.1 Å². The highest BCUT2D eigenvalue weighted by molar-refractivity contribution is 14.1. The number of rotatable bonds is 6. The van der Waals surface area contributed by atoms with E-state index < -0.39 is 0 Å². The highest BCUT2D eigenvalue weighted by Crippen LogP contribution is 2.07. The summed E-state index contributed by atoms with van der Waals surface area (Å²) in [5.41, 5.74) is 0.938.